The summed E-state index contributed by atoms with van der Waals surface area (Å²) in [5, 5.41) is 9.86. The van der Waals surface area contributed by atoms with Crippen LogP contribution in [0.25, 0.3) is 0 Å². The monoisotopic (exact) mass is 261 g/mol. The molecule has 94 valence electrons. The molecule has 1 heterocycles. The Bertz CT molecular complexity index is 589. The van der Waals surface area contributed by atoms with E-state index in [-0.39, 0.29) is 0 Å². The number of aromatic carboxylic acids is 1. The van der Waals surface area contributed by atoms with Crippen molar-refractivity contribution in [2.45, 2.75) is 13.8 Å². The molecule has 0 atom stereocenters. The molecule has 3 nitrogen and oxygen atoms in total. The van der Waals surface area contributed by atoms with Crippen LogP contribution in [0.15, 0.2) is 30.3 Å². The number of benzene rings is 1. The molecule has 0 aliphatic rings. The van der Waals surface area contributed by atoms with Gasteiger partial charge in [-0.1, -0.05) is 17.7 Å². The molecule has 0 aliphatic heterocycles. The number of hydrogen-bond donors (Lipinski definition) is 1. The van der Waals surface area contributed by atoms with Gasteiger partial charge in [-0.2, -0.15) is 0 Å². The van der Waals surface area contributed by atoms with Crippen molar-refractivity contribution >= 4 is 28.0 Å². The van der Waals surface area contributed by atoms with Gasteiger partial charge in [-0.05, 0) is 37.6 Å². The molecule has 1 N–H and O–H groups in total. The summed E-state index contributed by atoms with van der Waals surface area (Å²) in [6.45, 7) is 4.12. The topological polar surface area (TPSA) is 40.5 Å². The molecule has 0 spiro atoms. The molecule has 0 saturated heterocycles. The molecule has 1 aromatic heterocycles. The lowest BCUT2D eigenvalue weighted by Crippen LogP contribution is -2.09. The summed E-state index contributed by atoms with van der Waals surface area (Å²) in [6, 6.07) is 9.72. The van der Waals surface area contributed by atoms with E-state index in [2.05, 4.69) is 32.0 Å². The van der Waals surface area contributed by atoms with E-state index in [1.54, 1.807) is 6.07 Å². The van der Waals surface area contributed by atoms with Crippen LogP contribution in [0.2, 0.25) is 0 Å². The maximum Gasteiger partial charge on any atom is 0.345 e. The number of carboxylic acids is 1. The lowest BCUT2D eigenvalue weighted by atomic mass is 10.1. The van der Waals surface area contributed by atoms with Gasteiger partial charge in [0.15, 0.2) is 0 Å². The quantitative estimate of drug-likeness (QED) is 0.912. The van der Waals surface area contributed by atoms with Crippen molar-refractivity contribution in [1.29, 1.82) is 0 Å². The van der Waals surface area contributed by atoms with Crippen LogP contribution in [0.4, 0.5) is 10.7 Å². The number of aryl methyl sites for hydroxylation is 2. The van der Waals surface area contributed by atoms with Crippen LogP contribution in [0.5, 0.6) is 0 Å². The highest BCUT2D eigenvalue weighted by molar-refractivity contribution is 7.17. The number of carboxylic acid groups (broad SMARTS) is 1. The molecule has 0 fully saturated rings. The zero-order valence-electron chi connectivity index (χ0n) is 10.6. The summed E-state index contributed by atoms with van der Waals surface area (Å²) in [4.78, 5) is 13.3. The molecule has 0 aliphatic carbocycles. The minimum atomic E-state index is -0.875. The second-order valence-electron chi connectivity index (χ2n) is 4.29. The van der Waals surface area contributed by atoms with E-state index in [1.165, 1.54) is 22.5 Å². The molecule has 18 heavy (non-hydrogen) atoms. The number of thiophene rings is 1. The molecular weight excluding hydrogens is 246 g/mol. The Hall–Kier alpha value is -1.81. The summed E-state index contributed by atoms with van der Waals surface area (Å²) in [6.07, 6.45) is 0. The fourth-order valence-electron chi connectivity index (χ4n) is 1.92. The predicted molar refractivity (Wildman–Crippen MR) is 75.3 cm³/mol. The van der Waals surface area contributed by atoms with Crippen molar-refractivity contribution in [2.75, 3.05) is 11.9 Å². The Labute approximate surface area is 110 Å². The molecule has 0 saturated carbocycles. The van der Waals surface area contributed by atoms with Crippen LogP contribution in [0, 0.1) is 13.8 Å². The van der Waals surface area contributed by atoms with E-state index in [4.69, 9.17) is 5.11 Å². The van der Waals surface area contributed by atoms with Crippen LogP contribution in [-0.2, 0) is 0 Å². The summed E-state index contributed by atoms with van der Waals surface area (Å²) in [5.41, 5.74) is 3.50. The predicted octanol–water partition coefficient (Wildman–Crippen LogP) is 3.83. The Kier molecular flexibility index (Phi) is 3.39. The first-order chi connectivity index (χ1) is 8.49. The average molecular weight is 261 g/mol. The molecular formula is C14H15NO2S. The Morgan fingerprint density at radius 3 is 2.50 bits per heavy atom. The van der Waals surface area contributed by atoms with Crippen LogP contribution in [0.3, 0.4) is 0 Å². The van der Waals surface area contributed by atoms with E-state index < -0.39 is 5.97 Å². The third-order valence-electron chi connectivity index (χ3n) is 2.85. The van der Waals surface area contributed by atoms with Crippen molar-refractivity contribution in [3.05, 3.63) is 46.3 Å². The van der Waals surface area contributed by atoms with Crippen LogP contribution in [0.1, 0.15) is 20.8 Å². The molecule has 1 aromatic carbocycles. The molecule has 0 bridgehead atoms. The Morgan fingerprint density at radius 2 is 1.94 bits per heavy atom. The highest BCUT2D eigenvalue weighted by Gasteiger charge is 2.12. The second-order valence-corrected chi connectivity index (χ2v) is 5.35. The largest absolute Gasteiger partial charge is 0.477 e. The number of rotatable bonds is 3. The summed E-state index contributed by atoms with van der Waals surface area (Å²) < 4.78 is 0. The molecule has 0 radical (unpaired) electrons. The molecule has 0 unspecified atom stereocenters. The van der Waals surface area contributed by atoms with Gasteiger partial charge in [0.25, 0.3) is 0 Å². The second kappa shape index (κ2) is 4.82. The molecule has 0 amide bonds. The maximum atomic E-state index is 10.9. The number of nitrogens with zero attached hydrogens (tertiary/aromatic N) is 1. The molecule has 4 heteroatoms. The van der Waals surface area contributed by atoms with Crippen molar-refractivity contribution in [2.24, 2.45) is 0 Å². The summed E-state index contributed by atoms with van der Waals surface area (Å²) >= 11 is 1.28. The average Bonchev–Trinajstić information content (AvgIpc) is 2.77. The van der Waals surface area contributed by atoms with Gasteiger partial charge in [-0.15, -0.1) is 11.3 Å². The van der Waals surface area contributed by atoms with Gasteiger partial charge in [0.2, 0.25) is 0 Å². The van der Waals surface area contributed by atoms with Crippen molar-refractivity contribution in [3.63, 3.8) is 0 Å². The van der Waals surface area contributed by atoms with E-state index in [1.807, 2.05) is 18.0 Å². The Balaban J connectivity index is 2.35. The zero-order valence-corrected chi connectivity index (χ0v) is 11.4. The van der Waals surface area contributed by atoms with Crippen LogP contribution < -0.4 is 4.90 Å². The van der Waals surface area contributed by atoms with Gasteiger partial charge in [0.1, 0.15) is 4.88 Å². The third kappa shape index (κ3) is 2.38. The molecule has 2 aromatic rings. The first-order valence-corrected chi connectivity index (χ1v) is 6.45. The van der Waals surface area contributed by atoms with E-state index in [0.29, 0.717) is 4.88 Å². The zero-order chi connectivity index (χ0) is 13.3. The smallest absolute Gasteiger partial charge is 0.345 e. The first kappa shape index (κ1) is 12.6. The number of anilines is 2. The van der Waals surface area contributed by atoms with Crippen molar-refractivity contribution < 1.29 is 9.90 Å². The molecule has 2 rings (SSSR count). The first-order valence-electron chi connectivity index (χ1n) is 5.63. The van der Waals surface area contributed by atoms with Crippen LogP contribution >= 0.6 is 11.3 Å². The third-order valence-corrected chi connectivity index (χ3v) is 4.00. The lowest BCUT2D eigenvalue weighted by molar-refractivity contribution is 0.0702. The van der Waals surface area contributed by atoms with Gasteiger partial charge >= 0.3 is 5.97 Å². The van der Waals surface area contributed by atoms with E-state index in [9.17, 15) is 4.79 Å². The van der Waals surface area contributed by atoms with Gasteiger partial charge in [0, 0.05) is 12.7 Å². The summed E-state index contributed by atoms with van der Waals surface area (Å²) in [5.74, 6) is -0.875. The van der Waals surface area contributed by atoms with Gasteiger partial charge < -0.3 is 10.0 Å². The minimum absolute atomic E-state index is 0.363. The van der Waals surface area contributed by atoms with Crippen molar-refractivity contribution in [3.8, 4) is 0 Å². The van der Waals surface area contributed by atoms with Gasteiger partial charge in [0.05, 0.1) is 5.00 Å². The maximum absolute atomic E-state index is 10.9. The Morgan fingerprint density at radius 1 is 1.22 bits per heavy atom. The highest BCUT2D eigenvalue weighted by atomic mass is 32.1. The summed E-state index contributed by atoms with van der Waals surface area (Å²) in [7, 11) is 1.95. The fraction of sp³-hybridized carbons (Fsp3) is 0.214. The van der Waals surface area contributed by atoms with E-state index in [0.717, 1.165) is 10.7 Å². The lowest BCUT2D eigenvalue weighted by Gasteiger charge is -2.19. The standard InChI is InChI=1S/C14H15NO2S/c1-9-4-5-11(10(2)8-9)15(3)13-7-6-12(18-13)14(16)17/h4-8H,1-3H3,(H,16,17). The van der Waals surface area contributed by atoms with Crippen LogP contribution in [-0.4, -0.2) is 18.1 Å². The minimum Gasteiger partial charge on any atom is -0.477 e. The highest BCUT2D eigenvalue weighted by Crippen LogP contribution is 2.32. The van der Waals surface area contributed by atoms with E-state index >= 15 is 0 Å². The normalized spacial score (nSPS) is 10.4. The van der Waals surface area contributed by atoms with Crippen molar-refractivity contribution in [1.82, 2.24) is 0 Å². The van der Waals surface area contributed by atoms with Gasteiger partial charge in [-0.25, -0.2) is 4.79 Å². The number of carbonyl (C=O) groups is 1. The van der Waals surface area contributed by atoms with Gasteiger partial charge in [-0.3, -0.25) is 0 Å². The fourth-order valence-corrected chi connectivity index (χ4v) is 2.74. The SMILES string of the molecule is Cc1ccc(N(C)c2ccc(C(=O)O)s2)c(C)c1. The number of hydrogen-bond acceptors (Lipinski definition) is 3.